The van der Waals surface area contributed by atoms with E-state index in [1.165, 1.54) is 17.0 Å². The Balaban J connectivity index is 1.63. The second-order valence-corrected chi connectivity index (χ2v) is 7.10. The molecule has 1 aliphatic rings. The Bertz CT molecular complexity index is 812. The smallest absolute Gasteiger partial charge is 0.317 e. The molecule has 0 bridgehead atoms. The van der Waals surface area contributed by atoms with Gasteiger partial charge in [-0.25, -0.2) is 9.18 Å². The highest BCUT2D eigenvalue weighted by Gasteiger charge is 2.32. The van der Waals surface area contributed by atoms with Gasteiger partial charge in [0.15, 0.2) is 0 Å². The third-order valence-corrected chi connectivity index (χ3v) is 4.86. The average molecular weight is 383 g/mol. The molecule has 1 saturated heterocycles. The Morgan fingerprint density at radius 2 is 2.00 bits per heavy atom. The number of nitrogens with one attached hydrogen (secondary N) is 1. The molecule has 0 saturated carbocycles. The summed E-state index contributed by atoms with van der Waals surface area (Å²) in [6.07, 6.45) is 2.13. The predicted octanol–water partition coefficient (Wildman–Crippen LogP) is 3.94. The van der Waals surface area contributed by atoms with Gasteiger partial charge in [0, 0.05) is 31.7 Å². The van der Waals surface area contributed by atoms with Gasteiger partial charge < -0.3 is 15.1 Å². The van der Waals surface area contributed by atoms with Crippen molar-refractivity contribution in [3.8, 4) is 0 Å². The lowest BCUT2D eigenvalue weighted by molar-refractivity contribution is -0.117. The third-order valence-electron chi connectivity index (χ3n) is 4.86. The lowest BCUT2D eigenvalue weighted by atomic mass is 10.2. The zero-order chi connectivity index (χ0) is 19.9. The van der Waals surface area contributed by atoms with Crippen LogP contribution in [0.4, 0.5) is 14.9 Å². The van der Waals surface area contributed by atoms with Crippen LogP contribution >= 0.6 is 0 Å². The Hall–Kier alpha value is -2.89. The van der Waals surface area contributed by atoms with Crippen molar-refractivity contribution in [2.24, 2.45) is 0 Å². The summed E-state index contributed by atoms with van der Waals surface area (Å²) < 4.78 is 13.5. The quantitative estimate of drug-likeness (QED) is 0.787. The first-order chi connectivity index (χ1) is 13.6. The minimum absolute atomic E-state index is 0.112. The van der Waals surface area contributed by atoms with Crippen LogP contribution in [0.1, 0.15) is 31.7 Å². The van der Waals surface area contributed by atoms with Crippen molar-refractivity contribution in [1.29, 1.82) is 0 Å². The van der Waals surface area contributed by atoms with Gasteiger partial charge in [0.1, 0.15) is 5.82 Å². The SMILES string of the molecule is CCCCN(Cc1ccccc1)C(=O)N[C@@H]1CC(=O)N(c2cccc(F)c2)C1. The molecule has 3 amide bonds. The number of carbonyl (C=O) groups is 2. The molecule has 0 aliphatic carbocycles. The number of halogens is 1. The van der Waals surface area contributed by atoms with Gasteiger partial charge in [0.25, 0.3) is 0 Å². The highest BCUT2D eigenvalue weighted by atomic mass is 19.1. The summed E-state index contributed by atoms with van der Waals surface area (Å²) in [6, 6.07) is 15.4. The van der Waals surface area contributed by atoms with E-state index in [-0.39, 0.29) is 30.2 Å². The molecule has 0 aromatic heterocycles. The van der Waals surface area contributed by atoms with E-state index in [9.17, 15) is 14.0 Å². The van der Waals surface area contributed by atoms with Crippen LogP contribution in [0.25, 0.3) is 0 Å². The Morgan fingerprint density at radius 1 is 1.21 bits per heavy atom. The van der Waals surface area contributed by atoms with Crippen LogP contribution in [-0.2, 0) is 11.3 Å². The maximum Gasteiger partial charge on any atom is 0.317 e. The van der Waals surface area contributed by atoms with E-state index in [1.54, 1.807) is 17.0 Å². The topological polar surface area (TPSA) is 52.7 Å². The molecule has 2 aromatic rings. The molecule has 6 heteroatoms. The van der Waals surface area contributed by atoms with Crippen LogP contribution < -0.4 is 10.2 Å². The standard InChI is InChI=1S/C22H26FN3O2/c1-2-3-12-25(15-17-8-5-4-6-9-17)22(28)24-19-14-21(27)26(16-19)20-11-7-10-18(23)13-20/h4-11,13,19H,2-3,12,14-16H2,1H3,(H,24,28)/t19-/m1/s1. The summed E-state index contributed by atoms with van der Waals surface area (Å²) >= 11 is 0. The van der Waals surface area contributed by atoms with Gasteiger partial charge in [-0.15, -0.1) is 0 Å². The van der Waals surface area contributed by atoms with Crippen molar-refractivity contribution < 1.29 is 14.0 Å². The summed E-state index contributed by atoms with van der Waals surface area (Å²) in [7, 11) is 0. The van der Waals surface area contributed by atoms with E-state index >= 15 is 0 Å². The number of anilines is 1. The third kappa shape index (κ3) is 5.09. The van der Waals surface area contributed by atoms with E-state index in [0.717, 1.165) is 18.4 Å². The van der Waals surface area contributed by atoms with Gasteiger partial charge in [-0.1, -0.05) is 49.7 Å². The summed E-state index contributed by atoms with van der Waals surface area (Å²) in [5.74, 6) is -0.495. The van der Waals surface area contributed by atoms with Gasteiger partial charge in [0.2, 0.25) is 5.91 Å². The Morgan fingerprint density at radius 3 is 2.71 bits per heavy atom. The second-order valence-electron chi connectivity index (χ2n) is 7.10. The Labute approximate surface area is 165 Å². The molecule has 1 N–H and O–H groups in total. The van der Waals surface area contributed by atoms with Crippen LogP contribution in [0, 0.1) is 5.82 Å². The molecule has 1 aliphatic heterocycles. The summed E-state index contributed by atoms with van der Waals surface area (Å²) in [5, 5.41) is 2.98. The van der Waals surface area contributed by atoms with Crippen molar-refractivity contribution in [3.63, 3.8) is 0 Å². The number of hydrogen-bond acceptors (Lipinski definition) is 2. The summed E-state index contributed by atoms with van der Waals surface area (Å²) in [4.78, 5) is 28.5. The van der Waals surface area contributed by atoms with Crippen molar-refractivity contribution >= 4 is 17.6 Å². The molecule has 1 heterocycles. The predicted molar refractivity (Wildman–Crippen MR) is 107 cm³/mol. The van der Waals surface area contributed by atoms with Crippen LogP contribution in [0.15, 0.2) is 54.6 Å². The number of carbonyl (C=O) groups excluding carboxylic acids is 2. The molecule has 3 rings (SSSR count). The highest BCUT2D eigenvalue weighted by molar-refractivity contribution is 5.96. The minimum atomic E-state index is -0.383. The van der Waals surface area contributed by atoms with Crippen molar-refractivity contribution in [2.75, 3.05) is 18.0 Å². The van der Waals surface area contributed by atoms with Gasteiger partial charge in [-0.05, 0) is 30.2 Å². The van der Waals surface area contributed by atoms with Crippen LogP contribution in [-0.4, -0.2) is 36.0 Å². The van der Waals surface area contributed by atoms with Gasteiger partial charge in [-0.2, -0.15) is 0 Å². The Kier molecular flexibility index (Phi) is 6.63. The molecule has 28 heavy (non-hydrogen) atoms. The fourth-order valence-corrected chi connectivity index (χ4v) is 3.37. The maximum absolute atomic E-state index is 13.5. The molecular formula is C22H26FN3O2. The molecule has 0 spiro atoms. The zero-order valence-corrected chi connectivity index (χ0v) is 16.1. The summed E-state index contributed by atoms with van der Waals surface area (Å²) in [6.45, 7) is 3.62. The van der Waals surface area contributed by atoms with E-state index in [2.05, 4.69) is 12.2 Å². The van der Waals surface area contributed by atoms with E-state index in [4.69, 9.17) is 0 Å². The van der Waals surface area contributed by atoms with E-state index < -0.39 is 0 Å². The first kappa shape index (κ1) is 19.9. The molecule has 1 atom stereocenters. The first-order valence-electron chi connectivity index (χ1n) is 9.72. The fourth-order valence-electron chi connectivity index (χ4n) is 3.37. The van der Waals surface area contributed by atoms with Crippen LogP contribution in [0.3, 0.4) is 0 Å². The molecule has 148 valence electrons. The number of nitrogens with zero attached hydrogens (tertiary/aromatic N) is 2. The zero-order valence-electron chi connectivity index (χ0n) is 16.1. The number of benzene rings is 2. The van der Waals surface area contributed by atoms with E-state index in [1.807, 2.05) is 30.3 Å². The number of hydrogen-bond donors (Lipinski definition) is 1. The maximum atomic E-state index is 13.5. The lowest BCUT2D eigenvalue weighted by Crippen LogP contribution is -2.45. The average Bonchev–Trinajstić information content (AvgIpc) is 3.06. The molecule has 0 unspecified atom stereocenters. The first-order valence-corrected chi connectivity index (χ1v) is 9.72. The molecule has 5 nitrogen and oxygen atoms in total. The summed E-state index contributed by atoms with van der Waals surface area (Å²) in [5.41, 5.74) is 1.59. The monoisotopic (exact) mass is 383 g/mol. The lowest BCUT2D eigenvalue weighted by Gasteiger charge is -2.25. The van der Waals surface area contributed by atoms with Gasteiger partial charge in [-0.3, -0.25) is 4.79 Å². The largest absolute Gasteiger partial charge is 0.333 e. The number of unbranched alkanes of at least 4 members (excludes halogenated alkanes) is 1. The fraction of sp³-hybridized carbons (Fsp3) is 0.364. The molecular weight excluding hydrogens is 357 g/mol. The van der Waals surface area contributed by atoms with E-state index in [0.29, 0.717) is 25.3 Å². The number of urea groups is 1. The van der Waals surface area contributed by atoms with Gasteiger partial charge in [0.05, 0.1) is 6.04 Å². The normalized spacial score (nSPS) is 16.3. The minimum Gasteiger partial charge on any atom is -0.333 e. The number of amides is 3. The van der Waals surface area contributed by atoms with Crippen molar-refractivity contribution in [3.05, 3.63) is 66.0 Å². The molecule has 0 radical (unpaired) electrons. The molecule has 2 aromatic carbocycles. The van der Waals surface area contributed by atoms with Gasteiger partial charge >= 0.3 is 6.03 Å². The van der Waals surface area contributed by atoms with Crippen LogP contribution in [0.2, 0.25) is 0 Å². The highest BCUT2D eigenvalue weighted by Crippen LogP contribution is 2.22. The second kappa shape index (κ2) is 9.35. The number of rotatable bonds is 7. The van der Waals surface area contributed by atoms with Crippen molar-refractivity contribution in [1.82, 2.24) is 10.2 Å². The molecule has 1 fully saturated rings. The van der Waals surface area contributed by atoms with Crippen molar-refractivity contribution in [2.45, 2.75) is 38.8 Å². The van der Waals surface area contributed by atoms with Crippen LogP contribution in [0.5, 0.6) is 0 Å².